The number of ether oxygens (including phenoxy) is 7. The van der Waals surface area contributed by atoms with Crippen molar-refractivity contribution in [1.29, 1.82) is 0 Å². The maximum Gasteiger partial charge on any atom is 0.101 e. The van der Waals surface area contributed by atoms with Crippen molar-refractivity contribution in [2.24, 2.45) is 5.41 Å². The van der Waals surface area contributed by atoms with Crippen molar-refractivity contribution in [3.8, 4) is 0 Å². The van der Waals surface area contributed by atoms with E-state index in [1.54, 1.807) is 42.5 Å². The maximum absolute atomic E-state index is 9.18. The number of rotatable bonds is 32. The van der Waals surface area contributed by atoms with E-state index in [0.717, 1.165) is 0 Å². The van der Waals surface area contributed by atoms with Crippen LogP contribution >= 0.6 is 0 Å². The SMILES string of the molecule is C=CCOCC(O)COCC=C.C=CCOCC=C.C=CCOCCCO.C=CCOCCO.C=CCOCCOCCO.CCC(CO)(CO)CO. The smallest absolute Gasteiger partial charge is 0.101 e. The van der Waals surface area contributed by atoms with E-state index in [-0.39, 0.29) is 52.9 Å². The van der Waals surface area contributed by atoms with Gasteiger partial charge in [0.15, 0.2) is 0 Å². The van der Waals surface area contributed by atoms with Crippen molar-refractivity contribution in [3.63, 3.8) is 0 Å². The normalized spacial score (nSPS) is 9.75. The van der Waals surface area contributed by atoms with Crippen LogP contribution in [0.1, 0.15) is 19.8 Å². The van der Waals surface area contributed by atoms with Gasteiger partial charge in [0, 0.05) is 18.6 Å². The highest BCUT2D eigenvalue weighted by Gasteiger charge is 2.24. The van der Waals surface area contributed by atoms with E-state index < -0.39 is 11.5 Å². The molecular weight excluding hydrogens is 692 g/mol. The molecule has 0 spiro atoms. The number of aliphatic hydroxyl groups excluding tert-OH is 7. The Bertz CT molecular complexity index is 679. The van der Waals surface area contributed by atoms with Crippen molar-refractivity contribution >= 4 is 0 Å². The van der Waals surface area contributed by atoms with E-state index >= 15 is 0 Å². The first-order chi connectivity index (χ1) is 25.7. The summed E-state index contributed by atoms with van der Waals surface area (Å²) in [6, 6.07) is 0. The van der Waals surface area contributed by atoms with Gasteiger partial charge in [0.2, 0.25) is 0 Å². The zero-order chi connectivity index (χ0) is 41.5. The van der Waals surface area contributed by atoms with Crippen molar-refractivity contribution in [2.45, 2.75) is 25.9 Å². The molecule has 0 aromatic heterocycles. The highest BCUT2D eigenvalue weighted by atomic mass is 16.5. The van der Waals surface area contributed by atoms with E-state index in [4.69, 9.17) is 63.8 Å². The van der Waals surface area contributed by atoms with Crippen LogP contribution in [0.3, 0.4) is 0 Å². The molecule has 14 heteroatoms. The van der Waals surface area contributed by atoms with Crippen LogP contribution < -0.4 is 0 Å². The maximum atomic E-state index is 9.18. The summed E-state index contributed by atoms with van der Waals surface area (Å²) in [6.45, 7) is 32.9. The average Bonchev–Trinajstić information content (AvgIpc) is 3.18. The Morgan fingerprint density at radius 2 is 0.755 bits per heavy atom. The molecule has 0 aliphatic carbocycles. The van der Waals surface area contributed by atoms with Crippen LogP contribution in [0.4, 0.5) is 0 Å². The highest BCUT2D eigenvalue weighted by molar-refractivity contribution is 4.74. The van der Waals surface area contributed by atoms with Crippen LogP contribution in [0, 0.1) is 5.41 Å². The number of aliphatic hydroxyl groups is 7. The van der Waals surface area contributed by atoms with Gasteiger partial charge in [-0.25, -0.2) is 0 Å². The minimum absolute atomic E-state index is 0.0709. The van der Waals surface area contributed by atoms with Crippen LogP contribution in [0.25, 0.3) is 0 Å². The molecule has 0 heterocycles. The molecule has 316 valence electrons. The highest BCUT2D eigenvalue weighted by Crippen LogP contribution is 2.18. The molecular formula is C39H76O14. The first kappa shape index (κ1) is 62.6. The molecule has 0 aromatic rings. The quantitative estimate of drug-likeness (QED) is 0.0388. The summed E-state index contributed by atoms with van der Waals surface area (Å²) in [5, 5.41) is 59.8. The Morgan fingerprint density at radius 3 is 1.08 bits per heavy atom. The van der Waals surface area contributed by atoms with Gasteiger partial charge in [-0.3, -0.25) is 0 Å². The monoisotopic (exact) mass is 769 g/mol. The summed E-state index contributed by atoms with van der Waals surface area (Å²) in [5.74, 6) is 0. The lowest BCUT2D eigenvalue weighted by atomic mass is 9.88. The zero-order valence-electron chi connectivity index (χ0n) is 32.6. The minimum Gasteiger partial charge on any atom is -0.396 e. The van der Waals surface area contributed by atoms with Gasteiger partial charge in [-0.1, -0.05) is 49.5 Å². The first-order valence-electron chi connectivity index (χ1n) is 17.4. The molecule has 0 aliphatic rings. The number of hydrogen-bond donors (Lipinski definition) is 7. The molecule has 0 atom stereocenters. The molecule has 7 N–H and O–H groups in total. The Hall–Kier alpha value is -2.38. The molecule has 0 unspecified atom stereocenters. The molecule has 0 saturated carbocycles. The second-order valence-corrected chi connectivity index (χ2v) is 9.98. The molecule has 0 rings (SSSR count). The first-order valence-corrected chi connectivity index (χ1v) is 17.4. The van der Waals surface area contributed by atoms with Crippen LogP contribution in [0.15, 0.2) is 88.6 Å². The Labute approximate surface area is 320 Å². The standard InChI is InChI=1S/C9H16O3.C7H14O3.C6H14O3.C6H12O2.C6H10O.C5H10O2/c1-3-5-11-7-9(10)8-12-6-4-2;1-2-4-9-6-7-10-5-3-8;1-2-6(3-7,4-8)5-9;1-2-5-8-6-3-4-7;1-3-5-7-6-4-2;1-2-4-7-5-3-6/h3-4,9-10H,1-2,5-8H2;2,8H,1,3-7H2;7-9H,2-5H2,1H3;2,7H,1,3-6H2;3-4H,1-2,5-6H2;2,6H,1,3-5H2. The van der Waals surface area contributed by atoms with Crippen LogP contribution in [0.5, 0.6) is 0 Å². The van der Waals surface area contributed by atoms with Gasteiger partial charge in [-0.05, 0) is 12.8 Å². The lowest BCUT2D eigenvalue weighted by Gasteiger charge is -2.24. The van der Waals surface area contributed by atoms with E-state index in [0.29, 0.717) is 92.1 Å². The minimum atomic E-state index is -0.667. The average molecular weight is 769 g/mol. The third-order valence-electron chi connectivity index (χ3n) is 5.32. The lowest BCUT2D eigenvalue weighted by Crippen LogP contribution is -2.32. The fourth-order valence-electron chi connectivity index (χ4n) is 2.36. The van der Waals surface area contributed by atoms with Gasteiger partial charge in [0.1, 0.15) is 6.10 Å². The van der Waals surface area contributed by atoms with Gasteiger partial charge in [0.05, 0.1) is 119 Å². The lowest BCUT2D eigenvalue weighted by molar-refractivity contribution is -0.00645. The Balaban J connectivity index is -0.000000126. The summed E-state index contributed by atoms with van der Waals surface area (Å²) in [4.78, 5) is 0. The zero-order valence-corrected chi connectivity index (χ0v) is 32.6. The van der Waals surface area contributed by atoms with Crippen LogP contribution in [-0.2, 0) is 33.2 Å². The summed E-state index contributed by atoms with van der Waals surface area (Å²) in [7, 11) is 0. The van der Waals surface area contributed by atoms with Gasteiger partial charge < -0.3 is 68.9 Å². The van der Waals surface area contributed by atoms with Crippen molar-refractivity contribution in [2.75, 3.05) is 132 Å². The molecule has 0 saturated heterocycles. The molecule has 0 radical (unpaired) electrons. The Kier molecular flexibility index (Phi) is 76.3. The molecule has 0 aromatic carbocycles. The van der Waals surface area contributed by atoms with Crippen molar-refractivity contribution in [3.05, 3.63) is 88.6 Å². The second kappa shape index (κ2) is 64.6. The predicted octanol–water partition coefficient (Wildman–Crippen LogP) is 2.44. The predicted molar refractivity (Wildman–Crippen MR) is 213 cm³/mol. The molecule has 53 heavy (non-hydrogen) atoms. The summed E-state index contributed by atoms with van der Waals surface area (Å²) < 4.78 is 34.5. The third kappa shape index (κ3) is 71.7. The molecule has 0 amide bonds. The third-order valence-corrected chi connectivity index (χ3v) is 5.32. The summed E-state index contributed by atoms with van der Waals surface area (Å²) in [6.07, 6.45) is 12.5. The molecule has 0 aliphatic heterocycles. The van der Waals surface area contributed by atoms with Crippen molar-refractivity contribution in [1.82, 2.24) is 0 Å². The van der Waals surface area contributed by atoms with Gasteiger partial charge in [-0.15, -0.1) is 46.1 Å². The largest absolute Gasteiger partial charge is 0.396 e. The van der Waals surface area contributed by atoms with Crippen LogP contribution in [-0.4, -0.2) is 174 Å². The van der Waals surface area contributed by atoms with Gasteiger partial charge in [0.25, 0.3) is 0 Å². The molecule has 0 bridgehead atoms. The number of hydrogen-bond acceptors (Lipinski definition) is 14. The van der Waals surface area contributed by atoms with Gasteiger partial charge >= 0.3 is 0 Å². The van der Waals surface area contributed by atoms with E-state index in [9.17, 15) is 5.11 Å². The molecule has 14 nitrogen and oxygen atoms in total. The van der Waals surface area contributed by atoms with Gasteiger partial charge in [-0.2, -0.15) is 0 Å². The Morgan fingerprint density at radius 1 is 0.434 bits per heavy atom. The van der Waals surface area contributed by atoms with Crippen LogP contribution in [0.2, 0.25) is 0 Å². The topological polar surface area (TPSA) is 206 Å². The summed E-state index contributed by atoms with van der Waals surface area (Å²) in [5.41, 5.74) is -0.667. The second-order valence-electron chi connectivity index (χ2n) is 9.98. The fourth-order valence-corrected chi connectivity index (χ4v) is 2.36. The van der Waals surface area contributed by atoms with E-state index in [1.807, 2.05) is 6.92 Å². The van der Waals surface area contributed by atoms with E-state index in [1.165, 1.54) is 0 Å². The molecule has 0 fully saturated rings. The van der Waals surface area contributed by atoms with Crippen molar-refractivity contribution < 1.29 is 68.9 Å². The van der Waals surface area contributed by atoms with E-state index in [2.05, 4.69) is 46.1 Å². The summed E-state index contributed by atoms with van der Waals surface area (Å²) >= 11 is 0. The fraction of sp³-hybridized carbons (Fsp3) is 0.641.